The van der Waals surface area contributed by atoms with E-state index in [1.807, 2.05) is 0 Å². The normalized spacial score (nSPS) is 10.6. The van der Waals surface area contributed by atoms with Gasteiger partial charge in [0.05, 0.1) is 0 Å². The number of para-hydroxylation sites is 2. The van der Waals surface area contributed by atoms with Crippen molar-refractivity contribution < 1.29 is 0 Å². The fourth-order valence-corrected chi connectivity index (χ4v) is 2.94. The van der Waals surface area contributed by atoms with Crippen LogP contribution in [0.2, 0.25) is 0 Å². The molecule has 0 aliphatic rings. The van der Waals surface area contributed by atoms with Crippen LogP contribution in [0.4, 0.5) is 17.1 Å². The summed E-state index contributed by atoms with van der Waals surface area (Å²) in [6, 6.07) is 26.0. The topological polar surface area (TPSA) is 3.24 Å². The van der Waals surface area contributed by atoms with Gasteiger partial charge in [0.2, 0.25) is 0 Å². The fourth-order valence-electron chi connectivity index (χ4n) is 2.94. The molecule has 0 spiro atoms. The monoisotopic (exact) mass is 301 g/mol. The molecular weight excluding hydrogens is 278 g/mol. The number of anilines is 3. The van der Waals surface area contributed by atoms with Crippen LogP contribution in [-0.2, 0) is 6.42 Å². The SMILES string of the molecule is CCc1ccccc1N(c1ccc(C)cc1)c1ccccc1C. The number of benzene rings is 3. The van der Waals surface area contributed by atoms with Gasteiger partial charge < -0.3 is 4.90 Å². The summed E-state index contributed by atoms with van der Waals surface area (Å²) in [5.41, 5.74) is 7.61. The van der Waals surface area contributed by atoms with Gasteiger partial charge in [-0.15, -0.1) is 0 Å². The van der Waals surface area contributed by atoms with Crippen molar-refractivity contribution in [2.75, 3.05) is 4.90 Å². The van der Waals surface area contributed by atoms with Crippen molar-refractivity contribution in [3.63, 3.8) is 0 Å². The van der Waals surface area contributed by atoms with Gasteiger partial charge in [-0.05, 0) is 55.7 Å². The third-order valence-corrected chi connectivity index (χ3v) is 4.26. The van der Waals surface area contributed by atoms with E-state index in [-0.39, 0.29) is 0 Å². The maximum Gasteiger partial charge on any atom is 0.0493 e. The first-order chi connectivity index (χ1) is 11.2. The quantitative estimate of drug-likeness (QED) is 0.544. The van der Waals surface area contributed by atoms with E-state index in [1.54, 1.807) is 0 Å². The molecule has 0 N–H and O–H groups in total. The lowest BCUT2D eigenvalue weighted by Gasteiger charge is -2.29. The molecule has 0 amide bonds. The summed E-state index contributed by atoms with van der Waals surface area (Å²) in [5, 5.41) is 0. The van der Waals surface area contributed by atoms with Gasteiger partial charge in [0, 0.05) is 17.1 Å². The molecule has 0 atom stereocenters. The molecule has 3 rings (SSSR count). The molecule has 3 aromatic rings. The van der Waals surface area contributed by atoms with Gasteiger partial charge in [0.1, 0.15) is 0 Å². The minimum Gasteiger partial charge on any atom is -0.310 e. The Bertz CT molecular complexity index is 787. The summed E-state index contributed by atoms with van der Waals surface area (Å²) in [4.78, 5) is 2.37. The van der Waals surface area contributed by atoms with Gasteiger partial charge in [0.25, 0.3) is 0 Å². The molecule has 3 aromatic carbocycles. The van der Waals surface area contributed by atoms with Gasteiger partial charge in [0.15, 0.2) is 0 Å². The van der Waals surface area contributed by atoms with Crippen LogP contribution in [0.1, 0.15) is 23.6 Å². The molecule has 0 radical (unpaired) electrons. The second kappa shape index (κ2) is 6.70. The molecule has 0 heterocycles. The van der Waals surface area contributed by atoms with Crippen LogP contribution >= 0.6 is 0 Å². The molecule has 1 heteroatoms. The maximum absolute atomic E-state index is 2.37. The van der Waals surface area contributed by atoms with Crippen LogP contribution in [0, 0.1) is 13.8 Å². The summed E-state index contributed by atoms with van der Waals surface area (Å²) in [7, 11) is 0. The minimum absolute atomic E-state index is 1.02. The summed E-state index contributed by atoms with van der Waals surface area (Å²) in [6.07, 6.45) is 1.02. The first kappa shape index (κ1) is 15.4. The van der Waals surface area contributed by atoms with Crippen LogP contribution in [-0.4, -0.2) is 0 Å². The van der Waals surface area contributed by atoms with Crippen molar-refractivity contribution in [3.05, 3.63) is 89.5 Å². The van der Waals surface area contributed by atoms with Crippen LogP contribution in [0.25, 0.3) is 0 Å². The predicted octanol–water partition coefficient (Wildman–Crippen LogP) is 6.34. The number of nitrogens with zero attached hydrogens (tertiary/aromatic N) is 1. The first-order valence-electron chi connectivity index (χ1n) is 8.21. The molecule has 0 aliphatic carbocycles. The van der Waals surface area contributed by atoms with E-state index in [9.17, 15) is 0 Å². The highest BCUT2D eigenvalue weighted by atomic mass is 15.1. The van der Waals surface area contributed by atoms with Gasteiger partial charge in [-0.3, -0.25) is 0 Å². The predicted molar refractivity (Wildman–Crippen MR) is 100.0 cm³/mol. The average Bonchev–Trinajstić information content (AvgIpc) is 2.59. The highest BCUT2D eigenvalue weighted by Gasteiger charge is 2.16. The van der Waals surface area contributed by atoms with E-state index >= 15 is 0 Å². The summed E-state index contributed by atoms with van der Waals surface area (Å²) in [6.45, 7) is 6.51. The molecule has 1 nitrogen and oxygen atoms in total. The zero-order valence-electron chi connectivity index (χ0n) is 14.1. The van der Waals surface area contributed by atoms with E-state index in [4.69, 9.17) is 0 Å². The Morgan fingerprint density at radius 3 is 1.96 bits per heavy atom. The lowest BCUT2D eigenvalue weighted by atomic mass is 10.1. The molecule has 0 saturated carbocycles. The number of hydrogen-bond acceptors (Lipinski definition) is 1. The minimum atomic E-state index is 1.02. The molecule has 0 unspecified atom stereocenters. The summed E-state index contributed by atoms with van der Waals surface area (Å²) >= 11 is 0. The van der Waals surface area contributed by atoms with Gasteiger partial charge >= 0.3 is 0 Å². The van der Waals surface area contributed by atoms with Crippen molar-refractivity contribution >= 4 is 17.1 Å². The van der Waals surface area contributed by atoms with E-state index in [1.165, 1.54) is 33.8 Å². The van der Waals surface area contributed by atoms with Crippen molar-refractivity contribution in [2.45, 2.75) is 27.2 Å². The van der Waals surface area contributed by atoms with Gasteiger partial charge in [-0.1, -0.05) is 61.0 Å². The molecule has 0 aromatic heterocycles. The van der Waals surface area contributed by atoms with E-state index < -0.39 is 0 Å². The van der Waals surface area contributed by atoms with Gasteiger partial charge in [-0.2, -0.15) is 0 Å². The standard InChI is InChI=1S/C22H23N/c1-4-19-10-6-8-12-22(19)23(20-15-13-17(2)14-16-20)21-11-7-5-9-18(21)3/h5-16H,4H2,1-3H3. The van der Waals surface area contributed by atoms with Gasteiger partial charge in [-0.25, -0.2) is 0 Å². The Hall–Kier alpha value is -2.54. The van der Waals surface area contributed by atoms with Crippen molar-refractivity contribution in [1.29, 1.82) is 0 Å². The Kier molecular flexibility index (Phi) is 4.47. The van der Waals surface area contributed by atoms with Crippen molar-refractivity contribution in [3.8, 4) is 0 Å². The van der Waals surface area contributed by atoms with Crippen molar-refractivity contribution in [1.82, 2.24) is 0 Å². The first-order valence-corrected chi connectivity index (χ1v) is 8.21. The Morgan fingerprint density at radius 2 is 1.30 bits per heavy atom. The smallest absolute Gasteiger partial charge is 0.0493 e. The molecular formula is C22H23N. The summed E-state index contributed by atoms with van der Waals surface area (Å²) < 4.78 is 0. The maximum atomic E-state index is 2.37. The number of hydrogen-bond donors (Lipinski definition) is 0. The van der Waals surface area contributed by atoms with E-state index in [2.05, 4.69) is 98.5 Å². The van der Waals surface area contributed by atoms with Crippen LogP contribution in [0.15, 0.2) is 72.8 Å². The van der Waals surface area contributed by atoms with Crippen molar-refractivity contribution in [2.24, 2.45) is 0 Å². The summed E-state index contributed by atoms with van der Waals surface area (Å²) in [5.74, 6) is 0. The molecule has 0 saturated heterocycles. The fraction of sp³-hybridized carbons (Fsp3) is 0.182. The molecule has 0 fully saturated rings. The third kappa shape index (κ3) is 3.14. The zero-order valence-corrected chi connectivity index (χ0v) is 14.1. The van der Waals surface area contributed by atoms with Crippen LogP contribution in [0.5, 0.6) is 0 Å². The van der Waals surface area contributed by atoms with E-state index in [0.29, 0.717) is 0 Å². The lowest BCUT2D eigenvalue weighted by Crippen LogP contribution is -2.13. The van der Waals surface area contributed by atoms with Crippen LogP contribution in [0.3, 0.4) is 0 Å². The second-order valence-electron chi connectivity index (χ2n) is 5.94. The number of rotatable bonds is 4. The molecule has 116 valence electrons. The molecule has 0 bridgehead atoms. The molecule has 23 heavy (non-hydrogen) atoms. The Labute approximate surface area is 139 Å². The largest absolute Gasteiger partial charge is 0.310 e. The second-order valence-corrected chi connectivity index (χ2v) is 5.94. The number of aryl methyl sites for hydroxylation is 3. The highest BCUT2D eigenvalue weighted by molar-refractivity contribution is 5.80. The highest BCUT2D eigenvalue weighted by Crippen LogP contribution is 2.38. The average molecular weight is 301 g/mol. The van der Waals surface area contributed by atoms with E-state index in [0.717, 1.165) is 6.42 Å². The lowest BCUT2D eigenvalue weighted by molar-refractivity contribution is 1.11. The third-order valence-electron chi connectivity index (χ3n) is 4.26. The van der Waals surface area contributed by atoms with Crippen LogP contribution < -0.4 is 4.90 Å². The Balaban J connectivity index is 2.22. The molecule has 0 aliphatic heterocycles. The Morgan fingerprint density at radius 1 is 0.696 bits per heavy atom. The zero-order chi connectivity index (χ0) is 16.2.